The van der Waals surface area contributed by atoms with E-state index in [1.54, 1.807) is 12.4 Å². The Bertz CT molecular complexity index is 740. The van der Waals surface area contributed by atoms with Gasteiger partial charge >= 0.3 is 0 Å². The minimum absolute atomic E-state index is 0.491. The van der Waals surface area contributed by atoms with E-state index in [2.05, 4.69) is 15.0 Å². The number of aromatic nitrogens is 3. The second-order valence-electron chi connectivity index (χ2n) is 4.49. The van der Waals surface area contributed by atoms with Gasteiger partial charge in [0.15, 0.2) is 5.16 Å². The van der Waals surface area contributed by atoms with Crippen LogP contribution in [0.15, 0.2) is 52.9 Å². The van der Waals surface area contributed by atoms with Crippen LogP contribution in [0.3, 0.4) is 0 Å². The van der Waals surface area contributed by atoms with Crippen molar-refractivity contribution in [2.24, 2.45) is 5.73 Å². The highest BCUT2D eigenvalue weighted by atomic mass is 32.2. The summed E-state index contributed by atoms with van der Waals surface area (Å²) in [6.07, 6.45) is 3.61. The summed E-state index contributed by atoms with van der Waals surface area (Å²) in [4.78, 5) is 13.2. The SMILES string of the molecule is Cc1cnc(Sc2cc(CN)c3ccccc3n2)nc1. The van der Waals surface area contributed by atoms with Gasteiger partial charge in [-0.05, 0) is 41.9 Å². The summed E-state index contributed by atoms with van der Waals surface area (Å²) in [7, 11) is 0. The predicted molar refractivity (Wildman–Crippen MR) is 80.5 cm³/mol. The zero-order valence-electron chi connectivity index (χ0n) is 11.1. The molecule has 0 fully saturated rings. The van der Waals surface area contributed by atoms with Gasteiger partial charge in [-0.1, -0.05) is 18.2 Å². The third-order valence-corrected chi connectivity index (χ3v) is 3.76. The number of hydrogen-bond acceptors (Lipinski definition) is 5. The Labute approximate surface area is 121 Å². The van der Waals surface area contributed by atoms with Crippen LogP contribution in [0.4, 0.5) is 0 Å². The van der Waals surface area contributed by atoms with Gasteiger partial charge in [0.25, 0.3) is 0 Å². The van der Waals surface area contributed by atoms with Gasteiger partial charge in [0, 0.05) is 24.3 Å². The molecule has 0 unspecified atom stereocenters. The maximum absolute atomic E-state index is 5.83. The molecule has 0 amide bonds. The van der Waals surface area contributed by atoms with Gasteiger partial charge in [-0.25, -0.2) is 15.0 Å². The zero-order valence-corrected chi connectivity index (χ0v) is 11.9. The summed E-state index contributed by atoms with van der Waals surface area (Å²) in [6.45, 7) is 2.46. The van der Waals surface area contributed by atoms with E-state index in [-0.39, 0.29) is 0 Å². The molecule has 0 aliphatic heterocycles. The van der Waals surface area contributed by atoms with Crippen LogP contribution in [0.5, 0.6) is 0 Å². The van der Waals surface area contributed by atoms with Crippen molar-refractivity contribution in [2.45, 2.75) is 23.7 Å². The van der Waals surface area contributed by atoms with Gasteiger partial charge in [-0.3, -0.25) is 0 Å². The second kappa shape index (κ2) is 5.56. The zero-order chi connectivity index (χ0) is 13.9. The van der Waals surface area contributed by atoms with E-state index >= 15 is 0 Å². The minimum atomic E-state index is 0.491. The summed E-state index contributed by atoms with van der Waals surface area (Å²) in [5.41, 5.74) is 8.91. The van der Waals surface area contributed by atoms with Crippen LogP contribution in [0.25, 0.3) is 10.9 Å². The fourth-order valence-electron chi connectivity index (χ4n) is 1.97. The predicted octanol–water partition coefficient (Wildman–Crippen LogP) is 2.94. The fourth-order valence-corrected chi connectivity index (χ4v) is 2.71. The average molecular weight is 282 g/mol. The topological polar surface area (TPSA) is 64.7 Å². The van der Waals surface area contributed by atoms with Crippen molar-refractivity contribution in [3.63, 3.8) is 0 Å². The van der Waals surface area contributed by atoms with Crippen LogP contribution in [-0.4, -0.2) is 15.0 Å². The van der Waals surface area contributed by atoms with Gasteiger partial charge in [0.05, 0.1) is 5.52 Å². The van der Waals surface area contributed by atoms with Crippen LogP contribution in [-0.2, 0) is 6.54 Å². The van der Waals surface area contributed by atoms with Gasteiger partial charge in [-0.2, -0.15) is 0 Å². The fraction of sp³-hybridized carbons (Fsp3) is 0.133. The number of benzene rings is 1. The number of nitrogens with two attached hydrogens (primary N) is 1. The normalized spacial score (nSPS) is 10.9. The molecule has 2 heterocycles. The number of pyridine rings is 1. The molecular formula is C15H14N4S. The summed E-state index contributed by atoms with van der Waals surface area (Å²) in [6, 6.07) is 10.0. The first kappa shape index (κ1) is 13.0. The van der Waals surface area contributed by atoms with Crippen molar-refractivity contribution >= 4 is 22.7 Å². The standard InChI is InChI=1S/C15H14N4S/c1-10-8-17-15(18-9-10)20-14-6-11(7-16)12-4-2-3-5-13(12)19-14/h2-6,8-9H,7,16H2,1H3. The van der Waals surface area contributed by atoms with E-state index in [0.717, 1.165) is 27.1 Å². The van der Waals surface area contributed by atoms with E-state index in [1.807, 2.05) is 37.3 Å². The largest absolute Gasteiger partial charge is 0.326 e. The molecule has 0 aliphatic rings. The highest BCUT2D eigenvalue weighted by Gasteiger charge is 2.07. The van der Waals surface area contributed by atoms with Gasteiger partial charge in [-0.15, -0.1) is 0 Å². The first-order valence-corrected chi connectivity index (χ1v) is 7.13. The van der Waals surface area contributed by atoms with E-state index in [4.69, 9.17) is 5.73 Å². The van der Waals surface area contributed by atoms with Crippen molar-refractivity contribution in [1.82, 2.24) is 15.0 Å². The van der Waals surface area contributed by atoms with Crippen molar-refractivity contribution in [2.75, 3.05) is 0 Å². The van der Waals surface area contributed by atoms with Gasteiger partial charge in [0.2, 0.25) is 0 Å². The lowest BCUT2D eigenvalue weighted by Crippen LogP contribution is -1.99. The van der Waals surface area contributed by atoms with Crippen molar-refractivity contribution in [3.05, 3.63) is 53.9 Å². The molecule has 0 radical (unpaired) electrons. The number of para-hydroxylation sites is 1. The molecule has 20 heavy (non-hydrogen) atoms. The van der Waals surface area contributed by atoms with Crippen molar-refractivity contribution in [3.8, 4) is 0 Å². The monoisotopic (exact) mass is 282 g/mol. The first-order chi connectivity index (χ1) is 9.76. The minimum Gasteiger partial charge on any atom is -0.326 e. The lowest BCUT2D eigenvalue weighted by atomic mass is 10.1. The van der Waals surface area contributed by atoms with Crippen molar-refractivity contribution in [1.29, 1.82) is 0 Å². The van der Waals surface area contributed by atoms with Crippen LogP contribution in [0.1, 0.15) is 11.1 Å². The Balaban J connectivity index is 2.01. The molecule has 100 valence electrons. The van der Waals surface area contributed by atoms with Crippen molar-refractivity contribution < 1.29 is 0 Å². The summed E-state index contributed by atoms with van der Waals surface area (Å²) in [5.74, 6) is 0. The Morgan fingerprint density at radius 2 is 1.90 bits per heavy atom. The quantitative estimate of drug-likeness (QED) is 0.748. The first-order valence-electron chi connectivity index (χ1n) is 6.31. The van der Waals surface area contributed by atoms with E-state index in [9.17, 15) is 0 Å². The number of rotatable bonds is 3. The molecule has 0 bridgehead atoms. The van der Waals surface area contributed by atoms with E-state index < -0.39 is 0 Å². The molecule has 3 rings (SSSR count). The van der Waals surface area contributed by atoms with E-state index in [1.165, 1.54) is 11.8 Å². The molecule has 1 aromatic carbocycles. The number of aryl methyl sites for hydroxylation is 1. The van der Waals surface area contributed by atoms with Crippen LogP contribution < -0.4 is 5.73 Å². The third-order valence-electron chi connectivity index (χ3n) is 2.95. The highest BCUT2D eigenvalue weighted by Crippen LogP contribution is 2.27. The molecule has 0 aliphatic carbocycles. The molecule has 2 aromatic heterocycles. The van der Waals surface area contributed by atoms with Crippen LogP contribution >= 0.6 is 11.8 Å². The third kappa shape index (κ3) is 2.64. The maximum Gasteiger partial charge on any atom is 0.193 e. The smallest absolute Gasteiger partial charge is 0.193 e. The molecule has 0 spiro atoms. The Morgan fingerprint density at radius 3 is 2.65 bits per heavy atom. The molecule has 0 saturated heterocycles. The number of fused-ring (bicyclic) bond motifs is 1. The molecule has 3 aromatic rings. The average Bonchev–Trinajstić information content (AvgIpc) is 2.49. The summed E-state index contributed by atoms with van der Waals surface area (Å²) < 4.78 is 0. The molecular weight excluding hydrogens is 268 g/mol. The summed E-state index contributed by atoms with van der Waals surface area (Å²) >= 11 is 1.45. The van der Waals surface area contributed by atoms with Crippen LogP contribution in [0.2, 0.25) is 0 Å². The molecule has 0 saturated carbocycles. The molecule has 0 atom stereocenters. The Morgan fingerprint density at radius 1 is 1.15 bits per heavy atom. The molecule has 2 N–H and O–H groups in total. The second-order valence-corrected chi connectivity index (χ2v) is 5.47. The molecule has 5 heteroatoms. The van der Waals surface area contributed by atoms with E-state index in [0.29, 0.717) is 11.7 Å². The Hall–Kier alpha value is -1.98. The molecule has 4 nitrogen and oxygen atoms in total. The summed E-state index contributed by atoms with van der Waals surface area (Å²) in [5, 5.41) is 2.67. The van der Waals surface area contributed by atoms with Gasteiger partial charge < -0.3 is 5.73 Å². The number of hydrogen-bond donors (Lipinski definition) is 1. The van der Waals surface area contributed by atoms with Gasteiger partial charge in [0.1, 0.15) is 5.03 Å². The number of nitrogens with zero attached hydrogens (tertiary/aromatic N) is 3. The highest BCUT2D eigenvalue weighted by molar-refractivity contribution is 7.99. The Kier molecular flexibility index (Phi) is 3.62. The maximum atomic E-state index is 5.83. The lowest BCUT2D eigenvalue weighted by Gasteiger charge is -2.07. The van der Waals surface area contributed by atoms with Crippen LogP contribution in [0, 0.1) is 6.92 Å². The lowest BCUT2D eigenvalue weighted by molar-refractivity contribution is 0.944.